The molecule has 21 heavy (non-hydrogen) atoms. The molecule has 3 nitrogen and oxygen atoms in total. The van der Waals surface area contributed by atoms with E-state index in [1.165, 1.54) is 5.56 Å². The molecule has 2 aromatic rings. The molecule has 0 saturated heterocycles. The molecule has 0 unspecified atom stereocenters. The van der Waals surface area contributed by atoms with Crippen molar-refractivity contribution in [3.05, 3.63) is 70.2 Å². The second kappa shape index (κ2) is 7.25. The smallest absolute Gasteiger partial charge is 0.251 e. The highest BCUT2D eigenvalue weighted by Gasteiger charge is 2.05. The summed E-state index contributed by atoms with van der Waals surface area (Å²) in [5.74, 6) is -0.0774. The van der Waals surface area contributed by atoms with Crippen LogP contribution in [0.25, 0.3) is 0 Å². The number of carbonyl (C=O) groups is 1. The number of amides is 1. The molecule has 2 rings (SSSR count). The van der Waals surface area contributed by atoms with Gasteiger partial charge in [-0.15, -0.1) is 0 Å². The first kappa shape index (κ1) is 15.5. The molecular formula is C17H19ClN2O. The van der Waals surface area contributed by atoms with E-state index in [4.69, 9.17) is 11.6 Å². The molecule has 110 valence electrons. The molecule has 0 saturated carbocycles. The van der Waals surface area contributed by atoms with Gasteiger partial charge in [0.2, 0.25) is 0 Å². The Hall–Kier alpha value is -1.84. The lowest BCUT2D eigenvalue weighted by Crippen LogP contribution is -2.22. The highest BCUT2D eigenvalue weighted by molar-refractivity contribution is 6.30. The summed E-state index contributed by atoms with van der Waals surface area (Å²) in [7, 11) is 4.04. The molecule has 0 aromatic heterocycles. The number of benzene rings is 2. The largest absolute Gasteiger partial charge is 0.348 e. The van der Waals surface area contributed by atoms with Gasteiger partial charge in [-0.1, -0.05) is 35.9 Å². The lowest BCUT2D eigenvalue weighted by Gasteiger charge is -2.10. The average molecular weight is 303 g/mol. The van der Waals surface area contributed by atoms with E-state index < -0.39 is 0 Å². The van der Waals surface area contributed by atoms with Crippen LogP contribution < -0.4 is 5.32 Å². The van der Waals surface area contributed by atoms with Crippen LogP contribution in [0.1, 0.15) is 21.5 Å². The number of hydrogen-bond acceptors (Lipinski definition) is 2. The van der Waals surface area contributed by atoms with Crippen LogP contribution in [-0.2, 0) is 13.1 Å². The molecule has 0 fully saturated rings. The number of nitrogens with zero attached hydrogens (tertiary/aromatic N) is 1. The predicted octanol–water partition coefficient (Wildman–Crippen LogP) is 3.33. The summed E-state index contributed by atoms with van der Waals surface area (Å²) in [6.07, 6.45) is 0. The van der Waals surface area contributed by atoms with Crippen LogP contribution in [0.2, 0.25) is 5.02 Å². The summed E-state index contributed by atoms with van der Waals surface area (Å²) in [6.45, 7) is 1.34. The van der Waals surface area contributed by atoms with E-state index >= 15 is 0 Å². The zero-order chi connectivity index (χ0) is 15.2. The second-order valence-corrected chi connectivity index (χ2v) is 5.68. The van der Waals surface area contributed by atoms with Crippen molar-refractivity contribution in [1.82, 2.24) is 10.2 Å². The molecule has 4 heteroatoms. The van der Waals surface area contributed by atoms with Crippen LogP contribution in [0.5, 0.6) is 0 Å². The number of nitrogens with one attached hydrogen (secondary N) is 1. The van der Waals surface area contributed by atoms with Crippen molar-refractivity contribution in [1.29, 1.82) is 0 Å². The summed E-state index contributed by atoms with van der Waals surface area (Å²) >= 11 is 5.92. The summed E-state index contributed by atoms with van der Waals surface area (Å²) in [4.78, 5) is 14.2. The Bertz CT molecular complexity index is 608. The van der Waals surface area contributed by atoms with Crippen molar-refractivity contribution in [2.24, 2.45) is 0 Å². The average Bonchev–Trinajstić information content (AvgIpc) is 2.45. The standard InChI is InChI=1S/C17H19ClN2O/c1-20(2)12-13-6-8-15(9-7-13)17(21)19-11-14-4-3-5-16(18)10-14/h3-10H,11-12H2,1-2H3,(H,19,21). The van der Waals surface area contributed by atoms with E-state index in [1.54, 1.807) is 0 Å². The lowest BCUT2D eigenvalue weighted by molar-refractivity contribution is 0.0951. The minimum Gasteiger partial charge on any atom is -0.348 e. The monoisotopic (exact) mass is 302 g/mol. The van der Waals surface area contributed by atoms with E-state index in [9.17, 15) is 4.79 Å². The molecule has 2 aromatic carbocycles. The molecule has 1 N–H and O–H groups in total. The first-order valence-corrected chi connectivity index (χ1v) is 7.19. The highest BCUT2D eigenvalue weighted by Crippen LogP contribution is 2.11. The van der Waals surface area contributed by atoms with Gasteiger partial charge in [0, 0.05) is 23.7 Å². The van der Waals surface area contributed by atoms with Gasteiger partial charge in [0.05, 0.1) is 0 Å². The molecule has 0 atom stereocenters. The van der Waals surface area contributed by atoms with E-state index in [2.05, 4.69) is 10.2 Å². The van der Waals surface area contributed by atoms with Crippen molar-refractivity contribution in [2.45, 2.75) is 13.1 Å². The molecule has 0 heterocycles. The summed E-state index contributed by atoms with van der Waals surface area (Å²) in [5.41, 5.74) is 2.84. The molecule has 0 bridgehead atoms. The first-order valence-electron chi connectivity index (χ1n) is 6.81. The number of halogens is 1. The normalized spacial score (nSPS) is 10.7. The number of rotatable bonds is 5. The minimum atomic E-state index is -0.0774. The van der Waals surface area contributed by atoms with Crippen molar-refractivity contribution < 1.29 is 4.79 Å². The van der Waals surface area contributed by atoms with Crippen LogP contribution in [0, 0.1) is 0 Å². The summed E-state index contributed by atoms with van der Waals surface area (Å²) < 4.78 is 0. The van der Waals surface area contributed by atoms with Gasteiger partial charge < -0.3 is 10.2 Å². The van der Waals surface area contributed by atoms with E-state index in [0.29, 0.717) is 17.1 Å². The Morgan fingerprint density at radius 1 is 1.10 bits per heavy atom. The third kappa shape index (κ3) is 4.88. The fraction of sp³-hybridized carbons (Fsp3) is 0.235. The van der Waals surface area contributed by atoms with Gasteiger partial charge in [-0.2, -0.15) is 0 Å². The molecule has 0 aliphatic rings. The zero-order valence-electron chi connectivity index (χ0n) is 12.3. The number of carbonyl (C=O) groups excluding carboxylic acids is 1. The quantitative estimate of drug-likeness (QED) is 0.919. The molecule has 1 amide bonds. The SMILES string of the molecule is CN(C)Cc1ccc(C(=O)NCc2cccc(Cl)c2)cc1. The van der Waals surface area contributed by atoms with Gasteiger partial charge in [-0.05, 0) is 49.5 Å². The van der Waals surface area contributed by atoms with Crippen molar-refractivity contribution >= 4 is 17.5 Å². The van der Waals surface area contributed by atoms with Crippen LogP contribution in [0.3, 0.4) is 0 Å². The molecular weight excluding hydrogens is 284 g/mol. The van der Waals surface area contributed by atoms with Crippen LogP contribution >= 0.6 is 11.6 Å². The van der Waals surface area contributed by atoms with Gasteiger partial charge in [-0.25, -0.2) is 0 Å². The maximum atomic E-state index is 12.1. The lowest BCUT2D eigenvalue weighted by atomic mass is 10.1. The van der Waals surface area contributed by atoms with Gasteiger partial charge in [0.15, 0.2) is 0 Å². The van der Waals surface area contributed by atoms with Gasteiger partial charge in [0.1, 0.15) is 0 Å². The second-order valence-electron chi connectivity index (χ2n) is 5.25. The van der Waals surface area contributed by atoms with Crippen LogP contribution in [0.4, 0.5) is 0 Å². The predicted molar refractivity (Wildman–Crippen MR) is 86.5 cm³/mol. The van der Waals surface area contributed by atoms with E-state index in [1.807, 2.05) is 62.6 Å². The fourth-order valence-corrected chi connectivity index (χ4v) is 2.27. The van der Waals surface area contributed by atoms with Gasteiger partial charge >= 0.3 is 0 Å². The highest BCUT2D eigenvalue weighted by atomic mass is 35.5. The van der Waals surface area contributed by atoms with E-state index in [0.717, 1.165) is 12.1 Å². The summed E-state index contributed by atoms with van der Waals surface area (Å²) in [6, 6.07) is 15.1. The molecule has 0 radical (unpaired) electrons. The Balaban J connectivity index is 1.94. The van der Waals surface area contributed by atoms with Crippen molar-refractivity contribution in [2.75, 3.05) is 14.1 Å². The third-order valence-corrected chi connectivity index (χ3v) is 3.29. The fourth-order valence-electron chi connectivity index (χ4n) is 2.06. The minimum absolute atomic E-state index is 0.0774. The van der Waals surface area contributed by atoms with Crippen molar-refractivity contribution in [3.63, 3.8) is 0 Å². The Morgan fingerprint density at radius 2 is 1.81 bits per heavy atom. The first-order chi connectivity index (χ1) is 10.0. The molecule has 0 spiro atoms. The third-order valence-electron chi connectivity index (χ3n) is 3.06. The summed E-state index contributed by atoms with van der Waals surface area (Å²) in [5, 5.41) is 3.57. The molecule has 0 aliphatic carbocycles. The maximum Gasteiger partial charge on any atom is 0.251 e. The number of hydrogen-bond donors (Lipinski definition) is 1. The Kier molecular flexibility index (Phi) is 5.37. The zero-order valence-corrected chi connectivity index (χ0v) is 13.0. The van der Waals surface area contributed by atoms with Crippen LogP contribution in [0.15, 0.2) is 48.5 Å². The van der Waals surface area contributed by atoms with Gasteiger partial charge in [-0.3, -0.25) is 4.79 Å². The van der Waals surface area contributed by atoms with Crippen molar-refractivity contribution in [3.8, 4) is 0 Å². The van der Waals surface area contributed by atoms with E-state index in [-0.39, 0.29) is 5.91 Å². The Morgan fingerprint density at radius 3 is 2.43 bits per heavy atom. The maximum absolute atomic E-state index is 12.1. The topological polar surface area (TPSA) is 32.3 Å². The van der Waals surface area contributed by atoms with Crippen LogP contribution in [-0.4, -0.2) is 24.9 Å². The Labute approximate surface area is 130 Å². The molecule has 0 aliphatic heterocycles. The van der Waals surface area contributed by atoms with Gasteiger partial charge in [0.25, 0.3) is 5.91 Å².